The zero-order valence-corrected chi connectivity index (χ0v) is 14.8. The smallest absolute Gasteiger partial charge is 0.324 e. The van der Waals surface area contributed by atoms with Crippen molar-refractivity contribution in [3.63, 3.8) is 0 Å². The molecule has 1 aliphatic rings. The number of ether oxygens (including phenoxy) is 1. The van der Waals surface area contributed by atoms with Crippen molar-refractivity contribution in [2.75, 3.05) is 18.5 Å². The Morgan fingerprint density at radius 1 is 1.26 bits per heavy atom. The first kappa shape index (κ1) is 18.7. The van der Waals surface area contributed by atoms with Crippen LogP contribution in [0.25, 0.3) is 0 Å². The summed E-state index contributed by atoms with van der Waals surface area (Å²) >= 11 is 5.65. The summed E-state index contributed by atoms with van der Waals surface area (Å²) in [7, 11) is 0. The highest BCUT2D eigenvalue weighted by Gasteiger charge is 2.28. The molecule has 0 unspecified atom stereocenters. The van der Waals surface area contributed by atoms with Crippen LogP contribution in [-0.2, 0) is 16.1 Å². The summed E-state index contributed by atoms with van der Waals surface area (Å²) in [5, 5.41) is 5.00. The van der Waals surface area contributed by atoms with E-state index >= 15 is 0 Å². The van der Waals surface area contributed by atoms with Gasteiger partial charge in [0.25, 0.3) is 5.91 Å². The second-order valence-corrected chi connectivity index (χ2v) is 6.16. The van der Waals surface area contributed by atoms with Crippen LogP contribution in [0, 0.1) is 5.82 Å². The molecule has 0 aromatic heterocycles. The Balaban J connectivity index is 1.57. The maximum absolute atomic E-state index is 13.1. The molecule has 0 atom stereocenters. The molecule has 2 N–H and O–H groups in total. The zero-order valence-electron chi connectivity index (χ0n) is 14.0. The van der Waals surface area contributed by atoms with Gasteiger partial charge in [-0.25, -0.2) is 9.18 Å². The average molecular weight is 392 g/mol. The number of benzene rings is 2. The second kappa shape index (κ2) is 8.05. The molecule has 1 fully saturated rings. The van der Waals surface area contributed by atoms with E-state index < -0.39 is 17.8 Å². The molecule has 27 heavy (non-hydrogen) atoms. The number of anilines is 1. The van der Waals surface area contributed by atoms with Gasteiger partial charge in [0.1, 0.15) is 11.6 Å². The summed E-state index contributed by atoms with van der Waals surface area (Å²) in [6.45, 7) is -0.196. The lowest BCUT2D eigenvalue weighted by atomic mass is 10.2. The summed E-state index contributed by atoms with van der Waals surface area (Å²) in [6.07, 6.45) is 0. The van der Waals surface area contributed by atoms with Gasteiger partial charge in [0.15, 0.2) is 6.61 Å². The van der Waals surface area contributed by atoms with E-state index in [4.69, 9.17) is 16.3 Å². The number of amides is 4. The van der Waals surface area contributed by atoms with Crippen molar-refractivity contribution in [1.29, 1.82) is 0 Å². The molecule has 0 radical (unpaired) electrons. The highest BCUT2D eigenvalue weighted by molar-refractivity contribution is 6.30. The maximum atomic E-state index is 13.1. The van der Waals surface area contributed by atoms with Gasteiger partial charge < -0.3 is 15.4 Å². The number of halogens is 2. The van der Waals surface area contributed by atoms with E-state index in [-0.39, 0.29) is 36.4 Å². The number of carbonyl (C=O) groups excluding carboxylic acids is 3. The predicted molar refractivity (Wildman–Crippen MR) is 95.9 cm³/mol. The third-order valence-electron chi connectivity index (χ3n) is 3.75. The number of urea groups is 1. The molecular formula is C18H15ClFN3O4. The summed E-state index contributed by atoms with van der Waals surface area (Å²) < 4.78 is 18.4. The van der Waals surface area contributed by atoms with Crippen LogP contribution in [0.1, 0.15) is 5.56 Å². The topological polar surface area (TPSA) is 87.7 Å². The minimum Gasteiger partial charge on any atom is -0.484 e. The molecule has 0 spiro atoms. The van der Waals surface area contributed by atoms with Gasteiger partial charge in [-0.15, -0.1) is 0 Å². The zero-order chi connectivity index (χ0) is 19.4. The molecule has 1 heterocycles. The molecule has 2 aromatic carbocycles. The Kier molecular flexibility index (Phi) is 5.56. The minimum absolute atomic E-state index is 0.0139. The molecule has 0 saturated carbocycles. The summed E-state index contributed by atoms with van der Waals surface area (Å²) in [5.41, 5.74) is 1.18. The van der Waals surface area contributed by atoms with Crippen LogP contribution in [0.3, 0.4) is 0 Å². The molecular weight excluding hydrogens is 377 g/mol. The van der Waals surface area contributed by atoms with Gasteiger partial charge in [0, 0.05) is 11.8 Å². The van der Waals surface area contributed by atoms with Crippen molar-refractivity contribution >= 4 is 35.1 Å². The minimum atomic E-state index is -0.574. The number of carbonyl (C=O) groups is 3. The molecule has 7 nitrogen and oxygen atoms in total. The van der Waals surface area contributed by atoms with Crippen LogP contribution in [0.2, 0.25) is 5.02 Å². The normalized spacial score (nSPS) is 13.5. The number of rotatable bonds is 6. The Morgan fingerprint density at radius 3 is 2.78 bits per heavy atom. The van der Waals surface area contributed by atoms with E-state index in [0.717, 1.165) is 11.0 Å². The van der Waals surface area contributed by atoms with Crippen molar-refractivity contribution < 1.29 is 23.5 Å². The number of imide groups is 1. The fraction of sp³-hybridized carbons (Fsp3) is 0.167. The Labute approximate surface area is 159 Å². The fourth-order valence-electron chi connectivity index (χ4n) is 2.46. The summed E-state index contributed by atoms with van der Waals surface area (Å²) in [4.78, 5) is 36.4. The Bertz CT molecular complexity index is 890. The molecule has 1 aliphatic heterocycles. The second-order valence-electron chi connectivity index (χ2n) is 5.75. The van der Waals surface area contributed by atoms with Crippen LogP contribution in [0.5, 0.6) is 5.75 Å². The third-order valence-corrected chi connectivity index (χ3v) is 4.04. The van der Waals surface area contributed by atoms with Crippen LogP contribution >= 0.6 is 11.6 Å². The first-order valence-corrected chi connectivity index (χ1v) is 8.35. The highest BCUT2D eigenvalue weighted by atomic mass is 35.5. The van der Waals surface area contributed by atoms with E-state index in [1.807, 2.05) is 0 Å². The Morgan fingerprint density at radius 2 is 2.07 bits per heavy atom. The van der Waals surface area contributed by atoms with Gasteiger partial charge in [-0.1, -0.05) is 23.7 Å². The molecule has 0 bridgehead atoms. The predicted octanol–water partition coefficient (Wildman–Crippen LogP) is 2.55. The number of nitrogens with zero attached hydrogens (tertiary/aromatic N) is 1. The lowest BCUT2D eigenvalue weighted by molar-refractivity contribution is -0.125. The standard InChI is InChI=1S/C18H15ClFN3O4/c19-14-7-13(4-5-15(14)20)27-10-16(24)22-12-3-1-2-11(6-12)9-23-17(25)8-21-18(23)26/h1-7H,8-10H2,(H,21,26)(H,22,24). The van der Waals surface area contributed by atoms with Crippen molar-refractivity contribution in [3.8, 4) is 5.75 Å². The molecule has 2 aromatic rings. The number of hydrogen-bond donors (Lipinski definition) is 2. The fourth-order valence-corrected chi connectivity index (χ4v) is 2.63. The van der Waals surface area contributed by atoms with Gasteiger partial charge in [-0.05, 0) is 29.8 Å². The average Bonchev–Trinajstić information content (AvgIpc) is 2.95. The van der Waals surface area contributed by atoms with Crippen LogP contribution in [0.15, 0.2) is 42.5 Å². The summed E-state index contributed by atoms with van der Waals surface area (Å²) in [6, 6.07) is 10.1. The van der Waals surface area contributed by atoms with Gasteiger partial charge in [-0.3, -0.25) is 14.5 Å². The van der Waals surface area contributed by atoms with E-state index in [1.165, 1.54) is 12.1 Å². The Hall–Kier alpha value is -3.13. The van der Waals surface area contributed by atoms with Crippen LogP contribution in [0.4, 0.5) is 14.9 Å². The maximum Gasteiger partial charge on any atom is 0.324 e. The largest absolute Gasteiger partial charge is 0.484 e. The first-order valence-electron chi connectivity index (χ1n) is 7.97. The lowest BCUT2D eigenvalue weighted by Crippen LogP contribution is -2.30. The molecule has 3 rings (SSSR count). The highest BCUT2D eigenvalue weighted by Crippen LogP contribution is 2.21. The molecule has 0 aliphatic carbocycles. The van der Waals surface area contributed by atoms with Gasteiger partial charge in [0.05, 0.1) is 18.1 Å². The van der Waals surface area contributed by atoms with Crippen molar-refractivity contribution in [2.45, 2.75) is 6.54 Å². The van der Waals surface area contributed by atoms with Crippen LogP contribution in [-0.4, -0.2) is 35.9 Å². The number of hydrogen-bond acceptors (Lipinski definition) is 4. The van der Waals surface area contributed by atoms with Crippen molar-refractivity contribution in [3.05, 3.63) is 58.9 Å². The van der Waals surface area contributed by atoms with Gasteiger partial charge in [0.2, 0.25) is 5.91 Å². The first-order chi connectivity index (χ1) is 12.9. The van der Waals surface area contributed by atoms with Crippen LogP contribution < -0.4 is 15.4 Å². The molecule has 1 saturated heterocycles. The lowest BCUT2D eigenvalue weighted by Gasteiger charge is -2.13. The third kappa shape index (κ3) is 4.73. The van der Waals surface area contributed by atoms with E-state index in [9.17, 15) is 18.8 Å². The van der Waals surface area contributed by atoms with Crippen molar-refractivity contribution in [2.24, 2.45) is 0 Å². The molecule has 140 valence electrons. The molecule has 4 amide bonds. The number of nitrogens with one attached hydrogen (secondary N) is 2. The SMILES string of the molecule is O=C(COc1ccc(F)c(Cl)c1)Nc1cccc(CN2C(=O)CNC2=O)c1. The van der Waals surface area contributed by atoms with Gasteiger partial charge in [-0.2, -0.15) is 0 Å². The van der Waals surface area contributed by atoms with E-state index in [2.05, 4.69) is 10.6 Å². The van der Waals surface area contributed by atoms with Crippen molar-refractivity contribution in [1.82, 2.24) is 10.2 Å². The summed E-state index contributed by atoms with van der Waals surface area (Å²) in [5.74, 6) is -1.04. The quantitative estimate of drug-likeness (QED) is 0.741. The monoisotopic (exact) mass is 391 g/mol. The van der Waals surface area contributed by atoms with E-state index in [0.29, 0.717) is 11.3 Å². The van der Waals surface area contributed by atoms with Gasteiger partial charge >= 0.3 is 6.03 Å². The van der Waals surface area contributed by atoms with E-state index in [1.54, 1.807) is 24.3 Å². The molecule has 9 heteroatoms.